The van der Waals surface area contributed by atoms with E-state index in [9.17, 15) is 4.39 Å². The van der Waals surface area contributed by atoms with E-state index in [1.54, 1.807) is 17.4 Å². The van der Waals surface area contributed by atoms with E-state index in [0.29, 0.717) is 4.47 Å². The molecule has 0 aliphatic heterocycles. The second-order valence-electron chi connectivity index (χ2n) is 4.18. The van der Waals surface area contributed by atoms with Crippen molar-refractivity contribution in [1.82, 2.24) is 4.98 Å². The van der Waals surface area contributed by atoms with E-state index in [4.69, 9.17) is 0 Å². The fourth-order valence-corrected chi connectivity index (χ4v) is 2.97. The highest BCUT2D eigenvalue weighted by atomic mass is 79.9. The van der Waals surface area contributed by atoms with Crippen LogP contribution >= 0.6 is 27.3 Å². The molecule has 0 atom stereocenters. The number of hydrogen-bond acceptors (Lipinski definition) is 3. The number of rotatable bonds is 3. The number of hydrogen-bond donors (Lipinski definition) is 1. The molecule has 2 nitrogen and oxygen atoms in total. The topological polar surface area (TPSA) is 24.9 Å². The summed E-state index contributed by atoms with van der Waals surface area (Å²) in [6.07, 6.45) is 0. The lowest BCUT2D eigenvalue weighted by Crippen LogP contribution is -2.01. The summed E-state index contributed by atoms with van der Waals surface area (Å²) < 4.78 is 13.8. The Morgan fingerprint density at radius 2 is 2.06 bits per heavy atom. The molecule has 5 heteroatoms. The number of thiazole rings is 1. The molecule has 0 spiro atoms. The van der Waals surface area contributed by atoms with Crippen molar-refractivity contribution in [3.05, 3.63) is 43.6 Å². The van der Waals surface area contributed by atoms with Crippen molar-refractivity contribution in [2.24, 2.45) is 0 Å². The fraction of sp³-hybridized carbons (Fsp3) is 0.308. The molecule has 2 aromatic rings. The highest BCUT2D eigenvalue weighted by Crippen LogP contribution is 2.25. The molecule has 0 aliphatic rings. The molecule has 0 saturated carbocycles. The van der Waals surface area contributed by atoms with Crippen LogP contribution in [0.3, 0.4) is 0 Å². The molecule has 0 aliphatic carbocycles. The standard InChI is InChI=1S/C13H14BrFN2S/c1-7-4-11(15)10(14)5-12(7)16-6-13-8(2)17-9(3)18-13/h4-5,16H,6H2,1-3H3. The Hall–Kier alpha value is -0.940. The van der Waals surface area contributed by atoms with Gasteiger partial charge in [-0.25, -0.2) is 9.37 Å². The summed E-state index contributed by atoms with van der Waals surface area (Å²) in [5.74, 6) is -0.233. The average Bonchev–Trinajstić information content (AvgIpc) is 2.61. The zero-order chi connectivity index (χ0) is 13.3. The molecule has 0 bridgehead atoms. The Balaban J connectivity index is 2.15. The third-order valence-electron chi connectivity index (χ3n) is 2.71. The molecule has 1 aromatic heterocycles. The van der Waals surface area contributed by atoms with Crippen LogP contribution in [-0.2, 0) is 6.54 Å². The van der Waals surface area contributed by atoms with Crippen molar-refractivity contribution in [1.29, 1.82) is 0 Å². The Morgan fingerprint density at radius 1 is 1.33 bits per heavy atom. The van der Waals surface area contributed by atoms with Crippen molar-refractivity contribution >= 4 is 33.0 Å². The maximum atomic E-state index is 13.3. The SMILES string of the molecule is Cc1nc(C)c(CNc2cc(Br)c(F)cc2C)s1. The van der Waals surface area contributed by atoms with Gasteiger partial charge in [-0.3, -0.25) is 0 Å². The zero-order valence-electron chi connectivity index (χ0n) is 10.5. The van der Waals surface area contributed by atoms with Gasteiger partial charge in [0, 0.05) is 10.6 Å². The van der Waals surface area contributed by atoms with Crippen molar-refractivity contribution in [3.63, 3.8) is 0 Å². The van der Waals surface area contributed by atoms with Gasteiger partial charge in [0.25, 0.3) is 0 Å². The van der Waals surface area contributed by atoms with Crippen LogP contribution in [0.25, 0.3) is 0 Å². The minimum atomic E-state index is -0.233. The van der Waals surface area contributed by atoms with E-state index >= 15 is 0 Å². The van der Waals surface area contributed by atoms with Crippen LogP contribution < -0.4 is 5.32 Å². The monoisotopic (exact) mass is 328 g/mol. The van der Waals surface area contributed by atoms with Gasteiger partial charge in [0.2, 0.25) is 0 Å². The lowest BCUT2D eigenvalue weighted by Gasteiger charge is -2.10. The smallest absolute Gasteiger partial charge is 0.137 e. The Bertz CT molecular complexity index is 581. The number of anilines is 1. The zero-order valence-corrected chi connectivity index (χ0v) is 12.9. The normalized spacial score (nSPS) is 10.7. The molecular formula is C13H14BrFN2S. The van der Waals surface area contributed by atoms with Crippen molar-refractivity contribution < 1.29 is 4.39 Å². The lowest BCUT2D eigenvalue weighted by molar-refractivity contribution is 0.620. The van der Waals surface area contributed by atoms with Gasteiger partial charge in [0.15, 0.2) is 0 Å². The molecule has 0 amide bonds. The van der Waals surface area contributed by atoms with Crippen molar-refractivity contribution in [2.75, 3.05) is 5.32 Å². The van der Waals surface area contributed by atoms with Crippen LogP contribution in [0.1, 0.15) is 21.1 Å². The van der Waals surface area contributed by atoms with Gasteiger partial charge in [-0.2, -0.15) is 0 Å². The summed E-state index contributed by atoms with van der Waals surface area (Å²) in [4.78, 5) is 5.60. The van der Waals surface area contributed by atoms with E-state index < -0.39 is 0 Å². The molecular weight excluding hydrogens is 315 g/mol. The van der Waals surface area contributed by atoms with Crippen LogP contribution in [0.4, 0.5) is 10.1 Å². The predicted octanol–water partition coefficient (Wildman–Crippen LogP) is 4.58. The van der Waals surface area contributed by atoms with Gasteiger partial charge in [0.05, 0.1) is 21.7 Å². The second kappa shape index (κ2) is 5.36. The van der Waals surface area contributed by atoms with Crippen LogP contribution in [0.2, 0.25) is 0 Å². The summed E-state index contributed by atoms with van der Waals surface area (Å²) >= 11 is 4.89. The number of benzene rings is 1. The van der Waals surface area contributed by atoms with E-state index in [1.165, 1.54) is 10.9 Å². The van der Waals surface area contributed by atoms with Crippen LogP contribution in [0.15, 0.2) is 16.6 Å². The summed E-state index contributed by atoms with van der Waals surface area (Å²) in [5, 5.41) is 4.40. The van der Waals surface area contributed by atoms with Crippen LogP contribution in [0, 0.1) is 26.6 Å². The van der Waals surface area contributed by atoms with Gasteiger partial charge in [-0.15, -0.1) is 11.3 Å². The van der Waals surface area contributed by atoms with Gasteiger partial charge < -0.3 is 5.32 Å². The number of nitrogens with zero attached hydrogens (tertiary/aromatic N) is 1. The molecule has 18 heavy (non-hydrogen) atoms. The summed E-state index contributed by atoms with van der Waals surface area (Å²) in [6.45, 7) is 6.62. The van der Waals surface area contributed by atoms with Gasteiger partial charge >= 0.3 is 0 Å². The van der Waals surface area contributed by atoms with E-state index in [-0.39, 0.29) is 5.82 Å². The molecule has 1 heterocycles. The molecule has 1 N–H and O–H groups in total. The van der Waals surface area contributed by atoms with E-state index in [0.717, 1.165) is 28.5 Å². The summed E-state index contributed by atoms with van der Waals surface area (Å²) in [6, 6.07) is 3.30. The largest absolute Gasteiger partial charge is 0.380 e. The molecule has 0 unspecified atom stereocenters. The highest BCUT2D eigenvalue weighted by molar-refractivity contribution is 9.10. The van der Waals surface area contributed by atoms with E-state index in [1.807, 2.05) is 20.8 Å². The van der Waals surface area contributed by atoms with Crippen LogP contribution in [-0.4, -0.2) is 4.98 Å². The average molecular weight is 329 g/mol. The Labute approximate surface area is 118 Å². The Kier molecular flexibility index (Phi) is 4.02. The van der Waals surface area contributed by atoms with Crippen LogP contribution in [0.5, 0.6) is 0 Å². The van der Waals surface area contributed by atoms with Gasteiger partial charge in [0.1, 0.15) is 5.82 Å². The number of halogens is 2. The first-order chi connectivity index (χ1) is 8.47. The molecule has 0 fully saturated rings. The third kappa shape index (κ3) is 2.90. The minimum Gasteiger partial charge on any atom is -0.380 e. The first-order valence-corrected chi connectivity index (χ1v) is 7.20. The highest BCUT2D eigenvalue weighted by Gasteiger charge is 2.07. The van der Waals surface area contributed by atoms with Crippen molar-refractivity contribution in [2.45, 2.75) is 27.3 Å². The molecule has 0 radical (unpaired) electrons. The van der Waals surface area contributed by atoms with Crippen molar-refractivity contribution in [3.8, 4) is 0 Å². The summed E-state index contributed by atoms with van der Waals surface area (Å²) in [5.41, 5.74) is 2.90. The molecule has 0 saturated heterocycles. The fourth-order valence-electron chi connectivity index (χ4n) is 1.75. The number of aryl methyl sites for hydroxylation is 3. The number of aromatic nitrogens is 1. The van der Waals surface area contributed by atoms with Gasteiger partial charge in [-0.05, 0) is 54.4 Å². The maximum Gasteiger partial charge on any atom is 0.137 e. The molecule has 1 aromatic carbocycles. The minimum absolute atomic E-state index is 0.233. The summed E-state index contributed by atoms with van der Waals surface area (Å²) in [7, 11) is 0. The quantitative estimate of drug-likeness (QED) is 0.891. The number of nitrogens with one attached hydrogen (secondary N) is 1. The third-order valence-corrected chi connectivity index (χ3v) is 4.39. The first kappa shape index (κ1) is 13.5. The predicted molar refractivity (Wildman–Crippen MR) is 77.8 cm³/mol. The van der Waals surface area contributed by atoms with Gasteiger partial charge in [-0.1, -0.05) is 0 Å². The lowest BCUT2D eigenvalue weighted by atomic mass is 10.2. The first-order valence-electron chi connectivity index (χ1n) is 5.60. The van der Waals surface area contributed by atoms with E-state index in [2.05, 4.69) is 26.2 Å². The second-order valence-corrected chi connectivity index (χ2v) is 6.32. The molecule has 96 valence electrons. The molecule has 2 rings (SSSR count). The Morgan fingerprint density at radius 3 is 2.67 bits per heavy atom. The maximum absolute atomic E-state index is 13.3.